The van der Waals surface area contributed by atoms with Crippen LogP contribution in [0.2, 0.25) is 0 Å². The number of nitrogens with zero attached hydrogens (tertiary/aromatic N) is 3. The predicted octanol–water partition coefficient (Wildman–Crippen LogP) is 0.776. The van der Waals surface area contributed by atoms with Gasteiger partial charge in [0.1, 0.15) is 5.01 Å². The summed E-state index contributed by atoms with van der Waals surface area (Å²) in [4.78, 5) is 13.9. The van der Waals surface area contributed by atoms with E-state index in [0.29, 0.717) is 38.0 Å². The maximum atomic E-state index is 11.9. The highest BCUT2D eigenvalue weighted by molar-refractivity contribution is 7.15. The second-order valence-electron chi connectivity index (χ2n) is 5.06. The number of hydrogen-bond acceptors (Lipinski definition) is 7. The van der Waals surface area contributed by atoms with Gasteiger partial charge in [-0.1, -0.05) is 18.3 Å². The Bertz CT molecular complexity index is 448. The third kappa shape index (κ3) is 5.66. The van der Waals surface area contributed by atoms with Crippen molar-refractivity contribution in [3.05, 3.63) is 5.01 Å². The molecular formula is C13H22N4O3S. The first-order valence-electron chi connectivity index (χ1n) is 7.17. The van der Waals surface area contributed by atoms with Crippen LogP contribution < -0.4 is 5.32 Å². The highest BCUT2D eigenvalue weighted by Crippen LogP contribution is 2.16. The Morgan fingerprint density at radius 3 is 3.05 bits per heavy atom. The fraction of sp³-hybridized carbons (Fsp3) is 0.769. The summed E-state index contributed by atoms with van der Waals surface area (Å²) in [6.07, 6.45) is 1.95. The summed E-state index contributed by atoms with van der Waals surface area (Å²) in [6.45, 7) is 4.91. The monoisotopic (exact) mass is 314 g/mol. The minimum atomic E-state index is -0.0894. The minimum Gasteiger partial charge on any atom is -0.376 e. The van der Waals surface area contributed by atoms with Gasteiger partial charge in [0.25, 0.3) is 0 Å². The summed E-state index contributed by atoms with van der Waals surface area (Å²) < 4.78 is 10.9. The molecule has 0 aliphatic carbocycles. The Morgan fingerprint density at radius 1 is 1.48 bits per heavy atom. The predicted molar refractivity (Wildman–Crippen MR) is 80.6 cm³/mol. The molecule has 0 aromatic carbocycles. The third-order valence-corrected chi connectivity index (χ3v) is 3.89. The smallest absolute Gasteiger partial charge is 0.240 e. The van der Waals surface area contributed by atoms with Gasteiger partial charge in [-0.05, 0) is 13.5 Å². The standard InChI is InChI=1S/C13H22N4O3S/c1-3-4-12-15-16-13(21-12)14-11(18)8-17(2)7-10-9-19-5-6-20-10/h10H,3-9H2,1-2H3,(H,14,16,18). The van der Waals surface area contributed by atoms with E-state index < -0.39 is 0 Å². The van der Waals surface area contributed by atoms with Crippen molar-refractivity contribution in [2.75, 3.05) is 45.3 Å². The fourth-order valence-electron chi connectivity index (χ4n) is 2.08. The van der Waals surface area contributed by atoms with Gasteiger partial charge in [0.2, 0.25) is 11.0 Å². The van der Waals surface area contributed by atoms with E-state index in [9.17, 15) is 4.79 Å². The lowest BCUT2D eigenvalue weighted by atomic mass is 10.3. The summed E-state index contributed by atoms with van der Waals surface area (Å²) >= 11 is 1.43. The van der Waals surface area contributed by atoms with E-state index in [4.69, 9.17) is 9.47 Å². The number of aromatic nitrogens is 2. The van der Waals surface area contributed by atoms with Crippen molar-refractivity contribution >= 4 is 22.4 Å². The van der Waals surface area contributed by atoms with Crippen molar-refractivity contribution in [3.63, 3.8) is 0 Å². The number of carbonyl (C=O) groups excluding carboxylic acids is 1. The van der Waals surface area contributed by atoms with E-state index in [1.165, 1.54) is 11.3 Å². The van der Waals surface area contributed by atoms with Crippen molar-refractivity contribution < 1.29 is 14.3 Å². The Kier molecular flexibility index (Phi) is 6.50. The maximum Gasteiger partial charge on any atom is 0.240 e. The molecule has 2 heterocycles. The molecule has 0 saturated carbocycles. The van der Waals surface area contributed by atoms with Gasteiger partial charge in [-0.3, -0.25) is 15.0 Å². The zero-order valence-corrected chi connectivity index (χ0v) is 13.3. The van der Waals surface area contributed by atoms with E-state index in [-0.39, 0.29) is 12.0 Å². The van der Waals surface area contributed by atoms with E-state index in [1.807, 2.05) is 11.9 Å². The van der Waals surface area contributed by atoms with Crippen LogP contribution in [0.4, 0.5) is 5.13 Å². The zero-order chi connectivity index (χ0) is 15.1. The number of carbonyl (C=O) groups is 1. The first-order valence-corrected chi connectivity index (χ1v) is 7.99. The Balaban J connectivity index is 1.72. The van der Waals surface area contributed by atoms with Gasteiger partial charge in [-0.2, -0.15) is 0 Å². The number of nitrogens with one attached hydrogen (secondary N) is 1. The van der Waals surface area contributed by atoms with Crippen molar-refractivity contribution in [1.29, 1.82) is 0 Å². The van der Waals surface area contributed by atoms with Crippen LogP contribution in [0.3, 0.4) is 0 Å². The van der Waals surface area contributed by atoms with Gasteiger partial charge in [0, 0.05) is 13.0 Å². The van der Waals surface area contributed by atoms with Crippen molar-refractivity contribution in [2.45, 2.75) is 25.9 Å². The number of anilines is 1. The minimum absolute atomic E-state index is 0.0363. The summed E-state index contributed by atoms with van der Waals surface area (Å²) in [7, 11) is 1.89. The highest BCUT2D eigenvalue weighted by Gasteiger charge is 2.18. The molecule has 21 heavy (non-hydrogen) atoms. The molecule has 1 unspecified atom stereocenters. The average Bonchev–Trinajstić information content (AvgIpc) is 2.87. The Morgan fingerprint density at radius 2 is 2.33 bits per heavy atom. The molecule has 1 atom stereocenters. The molecular weight excluding hydrogens is 292 g/mol. The molecule has 0 radical (unpaired) electrons. The van der Waals surface area contributed by atoms with Gasteiger partial charge in [0.15, 0.2) is 0 Å². The van der Waals surface area contributed by atoms with Gasteiger partial charge < -0.3 is 9.47 Å². The van der Waals surface area contributed by atoms with Gasteiger partial charge >= 0.3 is 0 Å². The second-order valence-corrected chi connectivity index (χ2v) is 6.13. The maximum absolute atomic E-state index is 11.9. The molecule has 0 spiro atoms. The van der Waals surface area contributed by atoms with Crippen LogP contribution in [-0.4, -0.2) is 67.1 Å². The average molecular weight is 314 g/mol. The summed E-state index contributed by atoms with van der Waals surface area (Å²) in [5, 5.41) is 12.3. The van der Waals surface area contributed by atoms with Crippen LogP contribution in [0.15, 0.2) is 0 Å². The number of amides is 1. The lowest BCUT2D eigenvalue weighted by Gasteiger charge is -2.26. The molecule has 0 bridgehead atoms. The number of hydrogen-bond donors (Lipinski definition) is 1. The number of aryl methyl sites for hydroxylation is 1. The lowest BCUT2D eigenvalue weighted by Crippen LogP contribution is -2.41. The molecule has 1 fully saturated rings. The molecule has 1 aromatic heterocycles. The fourth-order valence-corrected chi connectivity index (χ4v) is 2.93. The quantitative estimate of drug-likeness (QED) is 0.801. The third-order valence-electron chi connectivity index (χ3n) is 2.99. The van der Waals surface area contributed by atoms with Gasteiger partial charge in [-0.15, -0.1) is 10.2 Å². The molecule has 1 amide bonds. The van der Waals surface area contributed by atoms with Crippen LogP contribution in [0.25, 0.3) is 0 Å². The largest absolute Gasteiger partial charge is 0.376 e. The van der Waals surface area contributed by atoms with Crippen molar-refractivity contribution in [3.8, 4) is 0 Å². The first kappa shape index (κ1) is 16.3. The van der Waals surface area contributed by atoms with Crippen molar-refractivity contribution in [1.82, 2.24) is 15.1 Å². The van der Waals surface area contributed by atoms with Crippen molar-refractivity contribution in [2.24, 2.45) is 0 Å². The lowest BCUT2D eigenvalue weighted by molar-refractivity contribution is -0.119. The molecule has 118 valence electrons. The topological polar surface area (TPSA) is 76.6 Å². The SMILES string of the molecule is CCCc1nnc(NC(=O)CN(C)CC2COCCO2)s1. The molecule has 1 aliphatic rings. The van der Waals surface area contributed by atoms with Crippen LogP contribution in [0.1, 0.15) is 18.4 Å². The van der Waals surface area contributed by atoms with E-state index in [0.717, 1.165) is 17.8 Å². The summed E-state index contributed by atoms with van der Waals surface area (Å²) in [5.74, 6) is -0.0894. The van der Waals surface area contributed by atoms with Crippen LogP contribution in [-0.2, 0) is 20.7 Å². The Hall–Kier alpha value is -1.09. The molecule has 1 aliphatic heterocycles. The van der Waals surface area contributed by atoms with E-state index in [2.05, 4.69) is 22.4 Å². The normalized spacial score (nSPS) is 18.9. The molecule has 1 aromatic rings. The summed E-state index contributed by atoms with van der Waals surface area (Å²) in [5.41, 5.74) is 0. The first-order chi connectivity index (χ1) is 10.2. The molecule has 2 rings (SSSR count). The zero-order valence-electron chi connectivity index (χ0n) is 12.5. The number of ether oxygens (including phenoxy) is 2. The van der Waals surface area contributed by atoms with E-state index in [1.54, 1.807) is 0 Å². The van der Waals surface area contributed by atoms with Crippen LogP contribution in [0, 0.1) is 0 Å². The van der Waals surface area contributed by atoms with Gasteiger partial charge in [0.05, 0.1) is 32.5 Å². The molecule has 8 heteroatoms. The van der Waals surface area contributed by atoms with Crippen LogP contribution in [0.5, 0.6) is 0 Å². The highest BCUT2D eigenvalue weighted by atomic mass is 32.1. The number of rotatable bonds is 7. The number of likely N-dealkylation sites (N-methyl/N-ethyl adjacent to an activating group) is 1. The molecule has 1 N–H and O–H groups in total. The van der Waals surface area contributed by atoms with Crippen LogP contribution >= 0.6 is 11.3 Å². The Labute approximate surface area is 128 Å². The molecule has 7 nitrogen and oxygen atoms in total. The second kappa shape index (κ2) is 8.38. The summed E-state index contributed by atoms with van der Waals surface area (Å²) in [6, 6.07) is 0. The van der Waals surface area contributed by atoms with E-state index >= 15 is 0 Å². The van der Waals surface area contributed by atoms with Gasteiger partial charge in [-0.25, -0.2) is 0 Å². The molecule has 1 saturated heterocycles.